The molecule has 2 aromatic carbocycles. The number of nitrogens with one attached hydrogen (secondary N) is 2. The van der Waals surface area contributed by atoms with Crippen molar-refractivity contribution >= 4 is 40.6 Å². The highest BCUT2D eigenvalue weighted by atomic mass is 35.5. The van der Waals surface area contributed by atoms with Crippen LogP contribution in [0.25, 0.3) is 0 Å². The number of hydrogen-bond donors (Lipinski definition) is 2. The van der Waals surface area contributed by atoms with Crippen LogP contribution in [0, 0.1) is 6.92 Å². The smallest absolute Gasteiger partial charge is 0.363 e. The Bertz CT molecular complexity index is 1130. The van der Waals surface area contributed by atoms with Crippen LogP contribution in [0.1, 0.15) is 40.1 Å². The van der Waals surface area contributed by atoms with Gasteiger partial charge in [0.15, 0.2) is 11.7 Å². The van der Waals surface area contributed by atoms with Crippen LogP contribution in [-0.4, -0.2) is 21.9 Å². The molecule has 0 spiro atoms. The average Bonchev–Trinajstić information content (AvgIpc) is 3.14. The maximum atomic E-state index is 13.8. The molecule has 2 heterocycles. The van der Waals surface area contributed by atoms with Crippen molar-refractivity contribution in [2.75, 3.05) is 10.6 Å². The molecular weight excluding hydrogens is 452 g/mol. The number of aryl methyl sites for hydroxylation is 1. The third-order valence-corrected chi connectivity index (χ3v) is 5.92. The van der Waals surface area contributed by atoms with Crippen molar-refractivity contribution in [1.29, 1.82) is 0 Å². The fraction of sp³-hybridized carbons (Fsp3) is 0.238. The van der Waals surface area contributed by atoms with Crippen LogP contribution in [0.4, 0.5) is 24.7 Å². The number of fused-ring (bicyclic) bond motifs is 1. The molecule has 2 atom stereocenters. The van der Waals surface area contributed by atoms with Crippen molar-refractivity contribution in [2.45, 2.75) is 31.6 Å². The van der Waals surface area contributed by atoms with Gasteiger partial charge in [-0.15, -0.1) is 0 Å². The second kappa shape index (κ2) is 8.09. The van der Waals surface area contributed by atoms with Gasteiger partial charge < -0.3 is 10.6 Å². The predicted molar refractivity (Wildman–Crippen MR) is 114 cm³/mol. The van der Waals surface area contributed by atoms with Gasteiger partial charge in [0.05, 0.1) is 21.8 Å². The first-order chi connectivity index (χ1) is 14.6. The number of carbonyl (C=O) groups is 1. The molecule has 1 aliphatic rings. The second-order valence-corrected chi connectivity index (χ2v) is 8.10. The predicted octanol–water partition coefficient (Wildman–Crippen LogP) is 6.41. The SMILES string of the molecule is Cc1ccc(C2CC(C(F)(F)F)n3nc(C(=O)Nc4cccc(Cl)c4Cl)cc3N2)cc1. The number of halogens is 5. The normalized spacial score (nSPS) is 18.3. The van der Waals surface area contributed by atoms with Gasteiger partial charge >= 0.3 is 6.18 Å². The first-order valence-corrected chi connectivity index (χ1v) is 10.1. The Morgan fingerprint density at radius 3 is 2.58 bits per heavy atom. The quantitative estimate of drug-likeness (QED) is 0.466. The van der Waals surface area contributed by atoms with E-state index < -0.39 is 24.2 Å². The minimum atomic E-state index is -4.53. The Kier molecular flexibility index (Phi) is 5.61. The van der Waals surface area contributed by atoms with Crippen molar-refractivity contribution in [2.24, 2.45) is 0 Å². The van der Waals surface area contributed by atoms with Crippen LogP contribution in [0.15, 0.2) is 48.5 Å². The lowest BCUT2D eigenvalue weighted by molar-refractivity contribution is -0.173. The molecule has 3 aromatic rings. The van der Waals surface area contributed by atoms with Crippen LogP contribution in [0.5, 0.6) is 0 Å². The van der Waals surface area contributed by atoms with Crippen LogP contribution >= 0.6 is 23.2 Å². The van der Waals surface area contributed by atoms with Gasteiger partial charge in [-0.2, -0.15) is 18.3 Å². The summed E-state index contributed by atoms with van der Waals surface area (Å²) in [6.07, 6.45) is -4.78. The summed E-state index contributed by atoms with van der Waals surface area (Å²) in [5.74, 6) is -0.581. The molecule has 2 N–H and O–H groups in total. The molecule has 4 rings (SSSR count). The van der Waals surface area contributed by atoms with E-state index in [1.807, 2.05) is 19.1 Å². The molecule has 162 valence electrons. The lowest BCUT2D eigenvalue weighted by atomic mass is 9.96. The van der Waals surface area contributed by atoms with E-state index in [2.05, 4.69) is 15.7 Å². The van der Waals surface area contributed by atoms with Gasteiger partial charge in [0.2, 0.25) is 0 Å². The number of carbonyl (C=O) groups excluding carboxylic acids is 1. The summed E-state index contributed by atoms with van der Waals surface area (Å²) >= 11 is 12.0. The van der Waals surface area contributed by atoms with Gasteiger partial charge in [-0.05, 0) is 24.6 Å². The monoisotopic (exact) mass is 468 g/mol. The zero-order valence-electron chi connectivity index (χ0n) is 16.2. The molecule has 31 heavy (non-hydrogen) atoms. The highest BCUT2D eigenvalue weighted by Gasteiger charge is 2.46. The van der Waals surface area contributed by atoms with E-state index in [4.69, 9.17) is 23.2 Å². The minimum absolute atomic E-state index is 0.112. The van der Waals surface area contributed by atoms with Gasteiger partial charge in [-0.1, -0.05) is 59.1 Å². The average molecular weight is 469 g/mol. The summed E-state index contributed by atoms with van der Waals surface area (Å²) in [5, 5.41) is 9.91. The molecule has 10 heteroatoms. The van der Waals surface area contributed by atoms with Crippen molar-refractivity contribution < 1.29 is 18.0 Å². The van der Waals surface area contributed by atoms with Crippen molar-refractivity contribution in [3.05, 3.63) is 75.4 Å². The number of amides is 1. The van der Waals surface area contributed by atoms with Crippen molar-refractivity contribution in [3.63, 3.8) is 0 Å². The Hall–Kier alpha value is -2.71. The molecule has 0 saturated carbocycles. The van der Waals surface area contributed by atoms with Crippen LogP contribution in [0.3, 0.4) is 0 Å². The first-order valence-electron chi connectivity index (χ1n) is 9.38. The molecule has 2 unspecified atom stereocenters. The number of alkyl halides is 3. The lowest BCUT2D eigenvalue weighted by Gasteiger charge is -2.33. The van der Waals surface area contributed by atoms with E-state index in [-0.39, 0.29) is 33.7 Å². The number of rotatable bonds is 3. The Labute approximate surface area is 186 Å². The van der Waals surface area contributed by atoms with Crippen molar-refractivity contribution in [1.82, 2.24) is 9.78 Å². The molecule has 0 bridgehead atoms. The number of nitrogens with zero attached hydrogens (tertiary/aromatic N) is 2. The standard InChI is InChI=1S/C21H17Cl2F3N4O/c1-11-5-7-12(8-6-11)15-9-17(21(24,25)26)30-18(27-15)10-16(29-30)20(31)28-14-4-2-3-13(22)19(14)23/h2-8,10,15,17,27H,9H2,1H3,(H,28,31). The summed E-state index contributed by atoms with van der Waals surface area (Å²) in [7, 11) is 0. The van der Waals surface area contributed by atoms with Gasteiger partial charge in [0, 0.05) is 12.5 Å². The van der Waals surface area contributed by atoms with E-state index in [9.17, 15) is 18.0 Å². The molecule has 1 amide bonds. The number of aromatic nitrogens is 2. The van der Waals surface area contributed by atoms with E-state index in [1.165, 1.54) is 12.1 Å². The highest BCUT2D eigenvalue weighted by molar-refractivity contribution is 6.44. The van der Waals surface area contributed by atoms with Crippen LogP contribution in [-0.2, 0) is 0 Å². The molecule has 0 radical (unpaired) electrons. The van der Waals surface area contributed by atoms with E-state index in [0.717, 1.165) is 15.8 Å². The molecule has 0 fully saturated rings. The zero-order chi connectivity index (χ0) is 22.3. The molecular formula is C21H17Cl2F3N4O. The molecule has 0 saturated heterocycles. The van der Waals surface area contributed by atoms with Crippen LogP contribution < -0.4 is 10.6 Å². The zero-order valence-corrected chi connectivity index (χ0v) is 17.7. The van der Waals surface area contributed by atoms with Gasteiger partial charge in [-0.3, -0.25) is 4.79 Å². The van der Waals surface area contributed by atoms with Gasteiger partial charge in [-0.25, -0.2) is 4.68 Å². The topological polar surface area (TPSA) is 59.0 Å². The molecule has 1 aliphatic heterocycles. The molecule has 1 aromatic heterocycles. The third kappa shape index (κ3) is 4.36. The van der Waals surface area contributed by atoms with E-state index in [1.54, 1.807) is 24.3 Å². The number of benzene rings is 2. The first kappa shape index (κ1) is 21.5. The van der Waals surface area contributed by atoms with Crippen LogP contribution in [0.2, 0.25) is 10.0 Å². The van der Waals surface area contributed by atoms with E-state index in [0.29, 0.717) is 0 Å². The maximum Gasteiger partial charge on any atom is 0.410 e. The minimum Gasteiger partial charge on any atom is -0.363 e. The highest BCUT2D eigenvalue weighted by Crippen LogP contribution is 2.43. The van der Waals surface area contributed by atoms with Crippen molar-refractivity contribution in [3.8, 4) is 0 Å². The summed E-state index contributed by atoms with van der Waals surface area (Å²) in [5.41, 5.74) is 1.81. The summed E-state index contributed by atoms with van der Waals surface area (Å²) < 4.78 is 42.2. The number of anilines is 2. The maximum absolute atomic E-state index is 13.8. The summed E-state index contributed by atoms with van der Waals surface area (Å²) in [6.45, 7) is 1.91. The van der Waals surface area contributed by atoms with E-state index >= 15 is 0 Å². The molecule has 5 nitrogen and oxygen atoms in total. The fourth-order valence-corrected chi connectivity index (χ4v) is 3.84. The lowest BCUT2D eigenvalue weighted by Crippen LogP contribution is -2.35. The van der Waals surface area contributed by atoms with Gasteiger partial charge in [0.1, 0.15) is 5.82 Å². The summed E-state index contributed by atoms with van der Waals surface area (Å²) in [4.78, 5) is 12.6. The fourth-order valence-electron chi connectivity index (χ4n) is 3.49. The molecule has 0 aliphatic carbocycles. The largest absolute Gasteiger partial charge is 0.410 e. The second-order valence-electron chi connectivity index (χ2n) is 7.32. The number of hydrogen-bond acceptors (Lipinski definition) is 3. The Morgan fingerprint density at radius 2 is 1.90 bits per heavy atom. The third-order valence-electron chi connectivity index (χ3n) is 5.10. The Morgan fingerprint density at radius 1 is 1.19 bits per heavy atom. The van der Waals surface area contributed by atoms with Gasteiger partial charge in [0.25, 0.3) is 5.91 Å². The summed E-state index contributed by atoms with van der Waals surface area (Å²) in [6, 6.07) is 10.8. The Balaban J connectivity index is 1.65.